The fourth-order valence-electron chi connectivity index (χ4n) is 2.86. The molecule has 0 radical (unpaired) electrons. The van der Waals surface area contributed by atoms with E-state index in [1.807, 2.05) is 0 Å². The molecule has 0 aromatic heterocycles. The maximum Gasteiger partial charge on any atom is 0.0599 e. The topological polar surface area (TPSA) is 24.5 Å². The normalized spacial score (nSPS) is 21.2. The standard InChI is InChI=1S/C15H32N2O/c1-6-18-13-7-10-17(11-8-13)12-9-14(16-5)15(2,3)4/h13-14,16H,6-12H2,1-5H3. The zero-order chi connectivity index (χ0) is 13.6. The van der Waals surface area contributed by atoms with Crippen LogP contribution in [0, 0.1) is 5.41 Å². The summed E-state index contributed by atoms with van der Waals surface area (Å²) in [4.78, 5) is 2.59. The lowest BCUT2D eigenvalue weighted by molar-refractivity contribution is 0.0128. The smallest absolute Gasteiger partial charge is 0.0599 e. The van der Waals surface area contributed by atoms with E-state index in [1.165, 1.54) is 38.9 Å². The molecule has 1 aliphatic rings. The highest BCUT2D eigenvalue weighted by atomic mass is 16.5. The Morgan fingerprint density at radius 2 is 1.89 bits per heavy atom. The summed E-state index contributed by atoms with van der Waals surface area (Å²) >= 11 is 0. The molecule has 0 amide bonds. The Kier molecular flexibility index (Phi) is 6.61. The van der Waals surface area contributed by atoms with Crippen LogP contribution in [0.5, 0.6) is 0 Å². The van der Waals surface area contributed by atoms with Gasteiger partial charge in [0.05, 0.1) is 6.10 Å². The van der Waals surface area contributed by atoms with Gasteiger partial charge < -0.3 is 15.0 Å². The quantitative estimate of drug-likeness (QED) is 0.790. The van der Waals surface area contributed by atoms with E-state index in [1.54, 1.807) is 0 Å². The van der Waals surface area contributed by atoms with Crippen LogP contribution in [-0.2, 0) is 4.74 Å². The van der Waals surface area contributed by atoms with Gasteiger partial charge in [0.25, 0.3) is 0 Å². The van der Waals surface area contributed by atoms with Gasteiger partial charge in [0.15, 0.2) is 0 Å². The predicted octanol–water partition coefficient (Wildman–Crippen LogP) is 2.51. The fraction of sp³-hybridized carbons (Fsp3) is 1.00. The largest absolute Gasteiger partial charge is 0.378 e. The highest BCUT2D eigenvalue weighted by Gasteiger charge is 2.25. The van der Waals surface area contributed by atoms with Crippen LogP contribution in [0.4, 0.5) is 0 Å². The minimum absolute atomic E-state index is 0.346. The molecule has 18 heavy (non-hydrogen) atoms. The molecule has 1 atom stereocenters. The Balaban J connectivity index is 2.25. The summed E-state index contributed by atoms with van der Waals surface area (Å²) in [5.41, 5.74) is 0.346. The molecule has 1 N–H and O–H groups in total. The summed E-state index contributed by atoms with van der Waals surface area (Å²) in [5, 5.41) is 3.46. The van der Waals surface area contributed by atoms with Gasteiger partial charge in [-0.3, -0.25) is 0 Å². The molecule has 1 rings (SSSR count). The van der Waals surface area contributed by atoms with E-state index in [2.05, 4.69) is 45.0 Å². The van der Waals surface area contributed by atoms with Gasteiger partial charge in [-0.15, -0.1) is 0 Å². The molecule has 3 nitrogen and oxygen atoms in total. The van der Waals surface area contributed by atoms with Gasteiger partial charge >= 0.3 is 0 Å². The number of nitrogens with one attached hydrogen (secondary N) is 1. The van der Waals surface area contributed by atoms with E-state index in [0.29, 0.717) is 17.6 Å². The molecular formula is C15H32N2O. The summed E-state index contributed by atoms with van der Waals surface area (Å²) in [6.07, 6.45) is 4.15. The number of piperidine rings is 1. The van der Waals surface area contributed by atoms with Crippen molar-refractivity contribution < 1.29 is 4.74 Å². The molecule has 1 heterocycles. The number of likely N-dealkylation sites (tertiary alicyclic amines) is 1. The van der Waals surface area contributed by atoms with E-state index in [9.17, 15) is 0 Å². The van der Waals surface area contributed by atoms with Crippen molar-refractivity contribution in [3.05, 3.63) is 0 Å². The van der Waals surface area contributed by atoms with Crippen LogP contribution >= 0.6 is 0 Å². The summed E-state index contributed by atoms with van der Waals surface area (Å²) in [5.74, 6) is 0. The van der Waals surface area contributed by atoms with E-state index in [4.69, 9.17) is 4.74 Å². The van der Waals surface area contributed by atoms with E-state index >= 15 is 0 Å². The molecular weight excluding hydrogens is 224 g/mol. The van der Waals surface area contributed by atoms with Gasteiger partial charge in [-0.25, -0.2) is 0 Å². The van der Waals surface area contributed by atoms with Crippen LogP contribution < -0.4 is 5.32 Å². The lowest BCUT2D eigenvalue weighted by Crippen LogP contribution is -2.43. The third-order valence-corrected chi connectivity index (χ3v) is 4.06. The first kappa shape index (κ1) is 15.9. The van der Waals surface area contributed by atoms with Crippen molar-refractivity contribution in [1.82, 2.24) is 10.2 Å². The molecule has 0 aliphatic carbocycles. The molecule has 108 valence electrons. The zero-order valence-electron chi connectivity index (χ0n) is 13.0. The number of nitrogens with zero attached hydrogens (tertiary/aromatic N) is 1. The maximum atomic E-state index is 5.69. The van der Waals surface area contributed by atoms with Crippen molar-refractivity contribution in [3.8, 4) is 0 Å². The second kappa shape index (κ2) is 7.46. The van der Waals surface area contributed by atoms with Crippen molar-refractivity contribution in [2.45, 2.75) is 59.1 Å². The Bertz CT molecular complexity index is 217. The molecule has 1 fully saturated rings. The second-order valence-electron chi connectivity index (χ2n) is 6.49. The van der Waals surface area contributed by atoms with Crippen molar-refractivity contribution in [3.63, 3.8) is 0 Å². The monoisotopic (exact) mass is 256 g/mol. The van der Waals surface area contributed by atoms with Crippen LogP contribution in [0.3, 0.4) is 0 Å². The Morgan fingerprint density at radius 1 is 1.28 bits per heavy atom. The zero-order valence-corrected chi connectivity index (χ0v) is 13.0. The Morgan fingerprint density at radius 3 is 2.33 bits per heavy atom. The van der Waals surface area contributed by atoms with Crippen molar-refractivity contribution >= 4 is 0 Å². The van der Waals surface area contributed by atoms with Gasteiger partial charge in [0.2, 0.25) is 0 Å². The maximum absolute atomic E-state index is 5.69. The van der Waals surface area contributed by atoms with E-state index in [-0.39, 0.29) is 0 Å². The fourth-order valence-corrected chi connectivity index (χ4v) is 2.86. The first-order valence-electron chi connectivity index (χ1n) is 7.48. The SMILES string of the molecule is CCOC1CCN(CCC(NC)C(C)(C)C)CC1. The van der Waals surface area contributed by atoms with Crippen molar-refractivity contribution in [1.29, 1.82) is 0 Å². The molecule has 0 bridgehead atoms. The number of hydrogen-bond donors (Lipinski definition) is 1. The summed E-state index contributed by atoms with van der Waals surface area (Å²) in [7, 11) is 2.08. The van der Waals surface area contributed by atoms with Gasteiger partial charge in [-0.05, 0) is 45.2 Å². The first-order chi connectivity index (χ1) is 8.47. The van der Waals surface area contributed by atoms with Gasteiger partial charge in [-0.1, -0.05) is 20.8 Å². The average Bonchev–Trinajstić information content (AvgIpc) is 2.30. The molecule has 0 aromatic rings. The summed E-state index contributed by atoms with van der Waals surface area (Å²) in [6, 6.07) is 0.599. The van der Waals surface area contributed by atoms with Crippen LogP contribution in [0.1, 0.15) is 47.0 Å². The second-order valence-corrected chi connectivity index (χ2v) is 6.49. The summed E-state index contributed by atoms with van der Waals surface area (Å²) in [6.45, 7) is 13.5. The van der Waals surface area contributed by atoms with Crippen LogP contribution in [0.15, 0.2) is 0 Å². The number of hydrogen-bond acceptors (Lipinski definition) is 3. The minimum atomic E-state index is 0.346. The van der Waals surface area contributed by atoms with Crippen LogP contribution in [-0.4, -0.2) is 50.3 Å². The van der Waals surface area contributed by atoms with Gasteiger partial charge in [-0.2, -0.15) is 0 Å². The van der Waals surface area contributed by atoms with E-state index < -0.39 is 0 Å². The Hall–Kier alpha value is -0.120. The molecule has 0 aromatic carbocycles. The lowest BCUT2D eigenvalue weighted by atomic mass is 9.84. The van der Waals surface area contributed by atoms with Crippen molar-refractivity contribution in [2.24, 2.45) is 5.41 Å². The molecule has 1 aliphatic heterocycles. The molecule has 0 spiro atoms. The summed E-state index contributed by atoms with van der Waals surface area (Å²) < 4.78 is 5.69. The number of rotatable bonds is 6. The highest BCUT2D eigenvalue weighted by molar-refractivity contribution is 4.81. The van der Waals surface area contributed by atoms with Crippen molar-refractivity contribution in [2.75, 3.05) is 33.3 Å². The Labute approximate surface area is 113 Å². The highest BCUT2D eigenvalue weighted by Crippen LogP contribution is 2.22. The number of ether oxygens (including phenoxy) is 1. The average molecular weight is 256 g/mol. The third kappa shape index (κ3) is 5.25. The van der Waals surface area contributed by atoms with E-state index in [0.717, 1.165) is 6.61 Å². The first-order valence-corrected chi connectivity index (χ1v) is 7.48. The van der Waals surface area contributed by atoms with Crippen LogP contribution in [0.25, 0.3) is 0 Å². The van der Waals surface area contributed by atoms with Gasteiger partial charge in [0, 0.05) is 25.7 Å². The minimum Gasteiger partial charge on any atom is -0.378 e. The third-order valence-electron chi connectivity index (χ3n) is 4.06. The molecule has 3 heteroatoms. The molecule has 0 saturated carbocycles. The predicted molar refractivity (Wildman–Crippen MR) is 78.0 cm³/mol. The lowest BCUT2D eigenvalue weighted by Gasteiger charge is -2.35. The molecule has 1 saturated heterocycles. The van der Waals surface area contributed by atoms with Gasteiger partial charge in [0.1, 0.15) is 0 Å². The van der Waals surface area contributed by atoms with Crippen LogP contribution in [0.2, 0.25) is 0 Å². The molecule has 1 unspecified atom stereocenters.